The molecule has 0 radical (unpaired) electrons. The van der Waals surface area contributed by atoms with E-state index in [9.17, 15) is 13.2 Å². The van der Waals surface area contributed by atoms with Crippen molar-refractivity contribution >= 4 is 28.4 Å². The van der Waals surface area contributed by atoms with Crippen molar-refractivity contribution in [1.82, 2.24) is 14.9 Å². The van der Waals surface area contributed by atoms with E-state index in [1.165, 1.54) is 12.1 Å². The van der Waals surface area contributed by atoms with E-state index in [1.54, 1.807) is 0 Å². The lowest BCUT2D eigenvalue weighted by atomic mass is 9.97. The fraction of sp³-hybridized carbons (Fsp3) is 0.391. The number of para-hydroxylation sites is 1. The highest BCUT2D eigenvalue weighted by molar-refractivity contribution is 5.91. The van der Waals surface area contributed by atoms with Crippen LogP contribution in [-0.2, 0) is 6.18 Å². The van der Waals surface area contributed by atoms with Gasteiger partial charge >= 0.3 is 6.18 Å². The molecule has 2 heterocycles. The highest BCUT2D eigenvalue weighted by Gasteiger charge is 2.30. The predicted molar refractivity (Wildman–Crippen MR) is 118 cm³/mol. The molecule has 31 heavy (non-hydrogen) atoms. The Hall–Kier alpha value is -2.87. The number of likely N-dealkylation sites (tertiary alicyclic amines) is 1. The van der Waals surface area contributed by atoms with Crippen LogP contribution in [0.15, 0.2) is 48.5 Å². The van der Waals surface area contributed by atoms with Crippen LogP contribution in [0.5, 0.6) is 0 Å². The Morgan fingerprint density at radius 3 is 2.39 bits per heavy atom. The molecule has 5 nitrogen and oxygen atoms in total. The molecule has 0 unspecified atom stereocenters. The van der Waals surface area contributed by atoms with Crippen LogP contribution in [0.25, 0.3) is 10.9 Å². The summed E-state index contributed by atoms with van der Waals surface area (Å²) in [7, 11) is 0. The molecular formula is C23H26F3N5. The SMILES string of the molecule is CCN1CCC(CNc2nc(Nc3ccc(C(F)(F)F)cc3)c3ccccc3n2)CC1. The van der Waals surface area contributed by atoms with Gasteiger partial charge in [0.2, 0.25) is 5.95 Å². The van der Waals surface area contributed by atoms with Gasteiger partial charge in [-0.2, -0.15) is 18.2 Å². The molecule has 0 spiro atoms. The van der Waals surface area contributed by atoms with Crippen LogP contribution in [-0.4, -0.2) is 41.0 Å². The molecule has 1 fully saturated rings. The van der Waals surface area contributed by atoms with Gasteiger partial charge in [-0.25, -0.2) is 4.98 Å². The largest absolute Gasteiger partial charge is 0.416 e. The van der Waals surface area contributed by atoms with Gasteiger partial charge in [-0.05, 0) is 74.8 Å². The fourth-order valence-corrected chi connectivity index (χ4v) is 3.87. The Bertz CT molecular complexity index is 1010. The normalized spacial score (nSPS) is 15.9. The second-order valence-corrected chi connectivity index (χ2v) is 7.87. The summed E-state index contributed by atoms with van der Waals surface area (Å²) in [4.78, 5) is 11.7. The van der Waals surface area contributed by atoms with Gasteiger partial charge in [0.15, 0.2) is 0 Å². The number of piperidine rings is 1. The quantitative estimate of drug-likeness (QED) is 0.539. The second-order valence-electron chi connectivity index (χ2n) is 7.87. The summed E-state index contributed by atoms with van der Waals surface area (Å²) >= 11 is 0. The molecule has 1 aliphatic rings. The average molecular weight is 429 g/mol. The van der Waals surface area contributed by atoms with E-state index in [0.29, 0.717) is 23.4 Å². The first-order valence-electron chi connectivity index (χ1n) is 10.6. The van der Waals surface area contributed by atoms with Crippen LogP contribution in [0.2, 0.25) is 0 Å². The van der Waals surface area contributed by atoms with Crippen LogP contribution < -0.4 is 10.6 Å². The van der Waals surface area contributed by atoms with Crippen molar-refractivity contribution in [2.45, 2.75) is 25.9 Å². The summed E-state index contributed by atoms with van der Waals surface area (Å²) in [6, 6.07) is 12.5. The van der Waals surface area contributed by atoms with Crippen molar-refractivity contribution in [3.63, 3.8) is 0 Å². The van der Waals surface area contributed by atoms with Crippen molar-refractivity contribution in [3.8, 4) is 0 Å². The number of hydrogen-bond acceptors (Lipinski definition) is 5. The zero-order chi connectivity index (χ0) is 21.8. The second kappa shape index (κ2) is 9.09. The van der Waals surface area contributed by atoms with E-state index >= 15 is 0 Å². The van der Waals surface area contributed by atoms with Gasteiger partial charge in [0.1, 0.15) is 5.82 Å². The maximum atomic E-state index is 12.8. The van der Waals surface area contributed by atoms with Gasteiger partial charge in [0.05, 0.1) is 11.1 Å². The maximum Gasteiger partial charge on any atom is 0.416 e. The molecule has 3 aromatic rings. The number of alkyl halides is 3. The number of rotatable bonds is 6. The molecule has 0 amide bonds. The van der Waals surface area contributed by atoms with Gasteiger partial charge < -0.3 is 15.5 Å². The van der Waals surface area contributed by atoms with Crippen LogP contribution in [0.4, 0.5) is 30.6 Å². The number of hydrogen-bond donors (Lipinski definition) is 2. The molecule has 4 rings (SSSR count). The molecule has 2 aromatic carbocycles. The van der Waals surface area contributed by atoms with Crippen LogP contribution in [0.3, 0.4) is 0 Å². The lowest BCUT2D eigenvalue weighted by molar-refractivity contribution is -0.137. The fourth-order valence-electron chi connectivity index (χ4n) is 3.87. The van der Waals surface area contributed by atoms with Crippen LogP contribution in [0.1, 0.15) is 25.3 Å². The Balaban J connectivity index is 1.51. The number of fused-ring (bicyclic) bond motifs is 1. The Morgan fingerprint density at radius 1 is 1.00 bits per heavy atom. The smallest absolute Gasteiger partial charge is 0.354 e. The third kappa shape index (κ3) is 5.25. The zero-order valence-electron chi connectivity index (χ0n) is 17.4. The summed E-state index contributed by atoms with van der Waals surface area (Å²) < 4.78 is 38.5. The van der Waals surface area contributed by atoms with Crippen molar-refractivity contribution in [2.75, 3.05) is 36.8 Å². The molecule has 0 saturated carbocycles. The lowest BCUT2D eigenvalue weighted by Crippen LogP contribution is -2.35. The molecule has 0 atom stereocenters. The van der Waals surface area contributed by atoms with Gasteiger partial charge in [0, 0.05) is 17.6 Å². The van der Waals surface area contributed by atoms with E-state index in [0.717, 1.165) is 62.1 Å². The van der Waals surface area contributed by atoms with E-state index in [1.807, 2.05) is 24.3 Å². The third-order valence-corrected chi connectivity index (χ3v) is 5.78. The maximum absolute atomic E-state index is 12.8. The number of benzene rings is 2. The molecule has 1 saturated heterocycles. The summed E-state index contributed by atoms with van der Waals surface area (Å²) in [5.74, 6) is 1.66. The minimum atomic E-state index is -4.36. The van der Waals surface area contributed by atoms with E-state index in [4.69, 9.17) is 0 Å². The highest BCUT2D eigenvalue weighted by Crippen LogP contribution is 2.31. The molecule has 0 bridgehead atoms. The Kier molecular flexibility index (Phi) is 6.27. The van der Waals surface area contributed by atoms with Gasteiger partial charge in [0.25, 0.3) is 0 Å². The topological polar surface area (TPSA) is 53.1 Å². The predicted octanol–water partition coefficient (Wildman–Crippen LogP) is 5.54. The number of anilines is 3. The molecular weight excluding hydrogens is 403 g/mol. The van der Waals surface area contributed by atoms with Crippen molar-refractivity contribution < 1.29 is 13.2 Å². The molecule has 0 aliphatic carbocycles. The molecule has 8 heteroatoms. The standard InChI is InChI=1S/C23H26F3N5/c1-2-31-13-11-16(12-14-31)15-27-22-29-20-6-4-3-5-19(20)21(30-22)28-18-9-7-17(8-10-18)23(24,25)26/h3-10,16H,2,11-15H2,1H3,(H2,27,28,29,30). The monoisotopic (exact) mass is 429 g/mol. The zero-order valence-corrected chi connectivity index (χ0v) is 17.4. The van der Waals surface area contributed by atoms with Gasteiger partial charge in [-0.1, -0.05) is 19.1 Å². The first-order valence-corrected chi connectivity index (χ1v) is 10.6. The molecule has 164 valence electrons. The molecule has 2 N–H and O–H groups in total. The van der Waals surface area contributed by atoms with Crippen LogP contribution >= 0.6 is 0 Å². The first-order chi connectivity index (χ1) is 14.9. The minimum Gasteiger partial charge on any atom is -0.354 e. The Labute approximate surface area is 179 Å². The van der Waals surface area contributed by atoms with Gasteiger partial charge in [-0.3, -0.25) is 0 Å². The first kappa shape index (κ1) is 21.4. The third-order valence-electron chi connectivity index (χ3n) is 5.78. The van der Waals surface area contributed by atoms with Crippen molar-refractivity contribution in [1.29, 1.82) is 0 Å². The number of nitrogens with one attached hydrogen (secondary N) is 2. The Morgan fingerprint density at radius 2 is 1.71 bits per heavy atom. The number of nitrogens with zero attached hydrogens (tertiary/aromatic N) is 3. The summed E-state index contributed by atoms with van der Waals surface area (Å²) in [6.07, 6.45) is -2.07. The molecule has 1 aromatic heterocycles. The summed E-state index contributed by atoms with van der Waals surface area (Å²) in [5.41, 5.74) is 0.632. The summed E-state index contributed by atoms with van der Waals surface area (Å²) in [5, 5.41) is 7.33. The van der Waals surface area contributed by atoms with E-state index < -0.39 is 11.7 Å². The minimum absolute atomic E-state index is 0.519. The number of aromatic nitrogens is 2. The molecule has 1 aliphatic heterocycles. The van der Waals surface area contributed by atoms with Crippen molar-refractivity contribution in [3.05, 3.63) is 54.1 Å². The number of halogens is 3. The average Bonchev–Trinajstić information content (AvgIpc) is 2.78. The van der Waals surface area contributed by atoms with Crippen molar-refractivity contribution in [2.24, 2.45) is 5.92 Å². The lowest BCUT2D eigenvalue weighted by Gasteiger charge is -2.31. The highest BCUT2D eigenvalue weighted by atomic mass is 19.4. The van der Waals surface area contributed by atoms with E-state index in [-0.39, 0.29) is 0 Å². The van der Waals surface area contributed by atoms with Crippen LogP contribution in [0, 0.1) is 5.92 Å². The summed E-state index contributed by atoms with van der Waals surface area (Å²) in [6.45, 7) is 6.31. The van der Waals surface area contributed by atoms with E-state index in [2.05, 4.69) is 32.4 Å². The van der Waals surface area contributed by atoms with Gasteiger partial charge in [-0.15, -0.1) is 0 Å².